The Hall–Kier alpha value is -1.94. The number of aryl methyl sites for hydroxylation is 2. The highest BCUT2D eigenvalue weighted by molar-refractivity contribution is 6.29. The third-order valence-electron chi connectivity index (χ3n) is 2.81. The third-order valence-corrected chi connectivity index (χ3v) is 3.02. The van der Waals surface area contributed by atoms with Crippen molar-refractivity contribution in [2.24, 2.45) is 0 Å². The van der Waals surface area contributed by atoms with Gasteiger partial charge in [0, 0.05) is 6.20 Å². The number of halogens is 1. The van der Waals surface area contributed by atoms with Gasteiger partial charge in [-0.2, -0.15) is 0 Å². The van der Waals surface area contributed by atoms with Crippen LogP contribution in [0.1, 0.15) is 16.7 Å². The summed E-state index contributed by atoms with van der Waals surface area (Å²) in [5.74, 6) is 0.0619. The van der Waals surface area contributed by atoms with Gasteiger partial charge in [-0.3, -0.25) is 10.1 Å². The molecule has 1 heterocycles. The van der Waals surface area contributed by atoms with Crippen LogP contribution in [-0.2, 0) is 11.2 Å². The number of hydrogen-bond acceptors (Lipinski definition) is 3. The molecule has 0 aliphatic heterocycles. The van der Waals surface area contributed by atoms with E-state index in [1.54, 1.807) is 6.07 Å². The number of rotatable bonds is 3. The fourth-order valence-electron chi connectivity index (χ4n) is 1.66. The third kappa shape index (κ3) is 3.76. The Morgan fingerprint density at radius 1 is 1.26 bits per heavy atom. The van der Waals surface area contributed by atoms with Crippen molar-refractivity contribution in [1.82, 2.24) is 9.97 Å². The van der Waals surface area contributed by atoms with Crippen LogP contribution < -0.4 is 5.32 Å². The van der Waals surface area contributed by atoms with Crippen molar-refractivity contribution in [3.63, 3.8) is 0 Å². The number of carbonyl (C=O) groups excluding carboxylic acids is 1. The molecule has 0 bridgehead atoms. The van der Waals surface area contributed by atoms with E-state index in [4.69, 9.17) is 11.6 Å². The molecule has 2 rings (SSSR count). The van der Waals surface area contributed by atoms with Crippen LogP contribution in [0.25, 0.3) is 0 Å². The molecule has 5 heteroatoms. The molecule has 0 aliphatic carbocycles. The van der Waals surface area contributed by atoms with E-state index in [1.165, 1.54) is 17.3 Å². The Morgan fingerprint density at radius 2 is 2.05 bits per heavy atom. The van der Waals surface area contributed by atoms with Gasteiger partial charge >= 0.3 is 0 Å². The molecule has 1 aromatic carbocycles. The number of amides is 1. The van der Waals surface area contributed by atoms with Crippen molar-refractivity contribution in [3.8, 4) is 0 Å². The highest BCUT2D eigenvalue weighted by Gasteiger charge is 2.07. The quantitative estimate of drug-likeness (QED) is 0.876. The zero-order valence-electron chi connectivity index (χ0n) is 10.8. The molecular weight excluding hydrogens is 262 g/mol. The summed E-state index contributed by atoms with van der Waals surface area (Å²) in [5.41, 5.74) is 3.34. The Balaban J connectivity index is 2.03. The monoisotopic (exact) mass is 275 g/mol. The van der Waals surface area contributed by atoms with Crippen LogP contribution in [0.5, 0.6) is 0 Å². The summed E-state index contributed by atoms with van der Waals surface area (Å²) < 4.78 is 0. The van der Waals surface area contributed by atoms with E-state index >= 15 is 0 Å². The summed E-state index contributed by atoms with van der Waals surface area (Å²) in [6, 6.07) is 7.52. The SMILES string of the molecule is Cc1ccc(CC(=O)Nc2nccc(Cl)n2)cc1C. The van der Waals surface area contributed by atoms with Gasteiger partial charge in [0.05, 0.1) is 6.42 Å². The fourth-order valence-corrected chi connectivity index (χ4v) is 1.80. The van der Waals surface area contributed by atoms with Gasteiger partial charge in [0.2, 0.25) is 11.9 Å². The second kappa shape index (κ2) is 5.80. The number of nitrogens with zero attached hydrogens (tertiary/aromatic N) is 2. The zero-order chi connectivity index (χ0) is 13.8. The molecule has 1 N–H and O–H groups in total. The van der Waals surface area contributed by atoms with Crippen LogP contribution in [0.3, 0.4) is 0 Å². The molecule has 4 nitrogen and oxygen atoms in total. The van der Waals surface area contributed by atoms with Crippen LogP contribution in [0.2, 0.25) is 5.15 Å². The molecule has 19 heavy (non-hydrogen) atoms. The highest BCUT2D eigenvalue weighted by atomic mass is 35.5. The predicted octanol–water partition coefficient (Wildman–Crippen LogP) is 2.93. The van der Waals surface area contributed by atoms with Crippen LogP contribution in [0.15, 0.2) is 30.5 Å². The molecule has 98 valence electrons. The fraction of sp³-hybridized carbons (Fsp3) is 0.214. The minimum Gasteiger partial charge on any atom is -0.294 e. The Morgan fingerprint density at radius 3 is 2.74 bits per heavy atom. The lowest BCUT2D eigenvalue weighted by Crippen LogP contribution is -2.16. The Bertz CT molecular complexity index is 613. The van der Waals surface area contributed by atoms with Gasteiger partial charge in [-0.05, 0) is 36.6 Å². The normalized spacial score (nSPS) is 10.3. The molecule has 1 amide bonds. The van der Waals surface area contributed by atoms with E-state index in [-0.39, 0.29) is 18.3 Å². The summed E-state index contributed by atoms with van der Waals surface area (Å²) in [5, 5.41) is 2.92. The Kier molecular flexibility index (Phi) is 4.12. The first-order valence-corrected chi connectivity index (χ1v) is 6.27. The van der Waals surface area contributed by atoms with Gasteiger partial charge in [-0.1, -0.05) is 29.8 Å². The summed E-state index contributed by atoms with van der Waals surface area (Å²) >= 11 is 5.72. The van der Waals surface area contributed by atoms with Crippen molar-refractivity contribution < 1.29 is 4.79 Å². The lowest BCUT2D eigenvalue weighted by molar-refractivity contribution is -0.115. The van der Waals surface area contributed by atoms with Gasteiger partial charge in [0.1, 0.15) is 5.15 Å². The lowest BCUT2D eigenvalue weighted by atomic mass is 10.0. The number of hydrogen-bond donors (Lipinski definition) is 1. The molecule has 0 saturated carbocycles. The average molecular weight is 276 g/mol. The van der Waals surface area contributed by atoms with Crippen LogP contribution in [0, 0.1) is 13.8 Å². The standard InChI is InChI=1S/C14H14ClN3O/c1-9-3-4-11(7-10(9)2)8-13(19)18-14-16-6-5-12(15)17-14/h3-7H,8H2,1-2H3,(H,16,17,18,19). The molecular formula is C14H14ClN3O. The molecule has 0 aliphatic rings. The molecule has 0 spiro atoms. The van der Waals surface area contributed by atoms with Crippen LogP contribution in [-0.4, -0.2) is 15.9 Å². The second-order valence-electron chi connectivity index (χ2n) is 4.35. The maximum atomic E-state index is 11.9. The predicted molar refractivity (Wildman–Crippen MR) is 75.3 cm³/mol. The maximum absolute atomic E-state index is 11.9. The van der Waals surface area contributed by atoms with E-state index in [2.05, 4.69) is 15.3 Å². The lowest BCUT2D eigenvalue weighted by Gasteiger charge is -2.06. The van der Waals surface area contributed by atoms with Crippen LogP contribution in [0.4, 0.5) is 5.95 Å². The summed E-state index contributed by atoms with van der Waals surface area (Å²) in [4.78, 5) is 19.7. The summed E-state index contributed by atoms with van der Waals surface area (Å²) in [6.45, 7) is 4.07. The zero-order valence-corrected chi connectivity index (χ0v) is 11.5. The highest BCUT2D eigenvalue weighted by Crippen LogP contribution is 2.11. The first-order valence-electron chi connectivity index (χ1n) is 5.89. The first kappa shape index (κ1) is 13.5. The van der Waals surface area contributed by atoms with Gasteiger partial charge in [-0.25, -0.2) is 9.97 Å². The second-order valence-corrected chi connectivity index (χ2v) is 4.73. The first-order chi connectivity index (χ1) is 9.04. The van der Waals surface area contributed by atoms with Crippen molar-refractivity contribution in [1.29, 1.82) is 0 Å². The molecule has 0 fully saturated rings. The van der Waals surface area contributed by atoms with Crippen molar-refractivity contribution in [2.75, 3.05) is 5.32 Å². The van der Waals surface area contributed by atoms with Gasteiger partial charge in [-0.15, -0.1) is 0 Å². The largest absolute Gasteiger partial charge is 0.294 e. The summed E-state index contributed by atoms with van der Waals surface area (Å²) in [6.07, 6.45) is 1.79. The number of aromatic nitrogens is 2. The van der Waals surface area contributed by atoms with E-state index in [1.807, 2.05) is 32.0 Å². The number of carbonyl (C=O) groups is 1. The molecule has 0 atom stereocenters. The van der Waals surface area contributed by atoms with Gasteiger partial charge in [0.25, 0.3) is 0 Å². The smallest absolute Gasteiger partial charge is 0.231 e. The van der Waals surface area contributed by atoms with Crippen molar-refractivity contribution in [3.05, 3.63) is 52.3 Å². The van der Waals surface area contributed by atoms with Crippen LogP contribution >= 0.6 is 11.6 Å². The minimum absolute atomic E-state index is 0.162. The van der Waals surface area contributed by atoms with E-state index in [9.17, 15) is 4.79 Å². The topological polar surface area (TPSA) is 54.9 Å². The van der Waals surface area contributed by atoms with Crippen molar-refractivity contribution in [2.45, 2.75) is 20.3 Å². The molecule has 0 unspecified atom stereocenters. The van der Waals surface area contributed by atoms with E-state index < -0.39 is 0 Å². The Labute approximate surface area is 116 Å². The molecule has 0 radical (unpaired) electrons. The van der Waals surface area contributed by atoms with E-state index in [0.29, 0.717) is 5.15 Å². The number of anilines is 1. The van der Waals surface area contributed by atoms with Gasteiger partial charge in [0.15, 0.2) is 0 Å². The van der Waals surface area contributed by atoms with Gasteiger partial charge < -0.3 is 0 Å². The van der Waals surface area contributed by atoms with Crippen molar-refractivity contribution >= 4 is 23.5 Å². The molecule has 2 aromatic rings. The maximum Gasteiger partial charge on any atom is 0.231 e. The summed E-state index contributed by atoms with van der Waals surface area (Å²) in [7, 11) is 0. The average Bonchev–Trinajstić information content (AvgIpc) is 2.34. The molecule has 1 aromatic heterocycles. The number of nitrogens with one attached hydrogen (secondary N) is 1. The molecule has 0 saturated heterocycles. The minimum atomic E-state index is -0.162. The number of benzene rings is 1. The van der Waals surface area contributed by atoms with E-state index in [0.717, 1.165) is 5.56 Å².